The van der Waals surface area contributed by atoms with Crippen LogP contribution in [0.4, 0.5) is 0 Å². The first-order valence-corrected chi connectivity index (χ1v) is 6.91. The van der Waals surface area contributed by atoms with E-state index in [9.17, 15) is 9.59 Å². The molecule has 4 nitrogen and oxygen atoms in total. The van der Waals surface area contributed by atoms with Crippen LogP contribution in [-0.4, -0.2) is 29.6 Å². The number of carbonyl (C=O) groups is 2. The summed E-state index contributed by atoms with van der Waals surface area (Å²) in [6.45, 7) is -0.262. The van der Waals surface area contributed by atoms with E-state index in [2.05, 4.69) is 4.98 Å². The van der Waals surface area contributed by atoms with E-state index in [4.69, 9.17) is 4.74 Å². The lowest BCUT2D eigenvalue weighted by atomic mass is 10.2. The van der Waals surface area contributed by atoms with Crippen LogP contribution in [0.2, 0.25) is 0 Å². The number of ketones is 1. The summed E-state index contributed by atoms with van der Waals surface area (Å²) in [4.78, 5) is 27.2. The average molecular weight is 275 g/mol. The van der Waals surface area contributed by atoms with E-state index >= 15 is 0 Å². The van der Waals surface area contributed by atoms with Crippen molar-refractivity contribution >= 4 is 23.5 Å². The van der Waals surface area contributed by atoms with Gasteiger partial charge in [-0.25, -0.2) is 4.79 Å². The van der Waals surface area contributed by atoms with Crippen molar-refractivity contribution in [3.63, 3.8) is 0 Å². The van der Waals surface area contributed by atoms with Crippen LogP contribution in [0.5, 0.6) is 0 Å². The van der Waals surface area contributed by atoms with Gasteiger partial charge in [0.25, 0.3) is 0 Å². The number of thioether (sulfide) groups is 1. The second-order valence-corrected chi connectivity index (χ2v) is 4.63. The molecule has 0 bridgehead atoms. The summed E-state index contributed by atoms with van der Waals surface area (Å²) in [5.41, 5.74) is 0.917. The average Bonchev–Trinajstić information content (AvgIpc) is 2.98. The zero-order valence-corrected chi connectivity index (χ0v) is 11.2. The monoisotopic (exact) mass is 275 g/mol. The van der Waals surface area contributed by atoms with E-state index in [0.717, 1.165) is 4.90 Å². The minimum absolute atomic E-state index is 0.250. The molecule has 1 N–H and O–H groups in total. The molecule has 0 unspecified atom stereocenters. The Labute approximate surface area is 115 Å². The second-order valence-electron chi connectivity index (χ2n) is 3.78. The Balaban J connectivity index is 2.00. The number of hydrogen-bond donors (Lipinski definition) is 1. The molecule has 0 aliphatic heterocycles. The van der Waals surface area contributed by atoms with Gasteiger partial charge in [0.2, 0.25) is 5.78 Å². The zero-order valence-electron chi connectivity index (χ0n) is 10.4. The van der Waals surface area contributed by atoms with Gasteiger partial charge >= 0.3 is 5.97 Å². The third-order valence-corrected chi connectivity index (χ3v) is 3.36. The second kappa shape index (κ2) is 6.24. The van der Waals surface area contributed by atoms with Crippen LogP contribution in [0.15, 0.2) is 47.5 Å². The number of nitrogens with one attached hydrogen (secondary N) is 1. The maximum absolute atomic E-state index is 11.9. The molecule has 98 valence electrons. The highest BCUT2D eigenvalue weighted by molar-refractivity contribution is 7.98. The van der Waals surface area contributed by atoms with Gasteiger partial charge in [-0.3, -0.25) is 4.79 Å². The molecule has 0 saturated carbocycles. The van der Waals surface area contributed by atoms with Crippen molar-refractivity contribution in [3.8, 4) is 0 Å². The molecule has 0 saturated heterocycles. The number of ether oxygens (including phenoxy) is 1. The van der Waals surface area contributed by atoms with Crippen molar-refractivity contribution < 1.29 is 14.3 Å². The van der Waals surface area contributed by atoms with E-state index in [1.54, 1.807) is 30.5 Å². The quantitative estimate of drug-likeness (QED) is 0.518. The van der Waals surface area contributed by atoms with Crippen LogP contribution >= 0.6 is 11.8 Å². The van der Waals surface area contributed by atoms with Crippen molar-refractivity contribution in [1.82, 2.24) is 4.98 Å². The Morgan fingerprint density at radius 3 is 2.68 bits per heavy atom. The lowest BCUT2D eigenvalue weighted by molar-refractivity contribution is 0.0470. The molecule has 2 aromatic rings. The van der Waals surface area contributed by atoms with Crippen LogP contribution < -0.4 is 0 Å². The topological polar surface area (TPSA) is 59.2 Å². The standard InChI is InChI=1S/C14H13NO3S/c1-19-13-7-3-2-5-10(13)14(17)18-9-12(16)11-6-4-8-15-11/h2-8,15H,9H2,1H3. The van der Waals surface area contributed by atoms with Crippen LogP contribution in [0.25, 0.3) is 0 Å². The largest absolute Gasteiger partial charge is 0.454 e. The minimum Gasteiger partial charge on any atom is -0.454 e. The van der Waals surface area contributed by atoms with Gasteiger partial charge in [0.1, 0.15) is 0 Å². The Hall–Kier alpha value is -2.01. The zero-order chi connectivity index (χ0) is 13.7. The molecule has 0 amide bonds. The molecular formula is C14H13NO3S. The van der Waals surface area contributed by atoms with Crippen LogP contribution in [0.3, 0.4) is 0 Å². The van der Waals surface area contributed by atoms with Crippen molar-refractivity contribution in [2.24, 2.45) is 0 Å². The van der Waals surface area contributed by atoms with Gasteiger partial charge in [-0.05, 0) is 30.5 Å². The maximum Gasteiger partial charge on any atom is 0.339 e. The first-order chi connectivity index (χ1) is 9.22. The molecule has 1 aromatic carbocycles. The minimum atomic E-state index is -0.482. The van der Waals surface area contributed by atoms with E-state index < -0.39 is 5.97 Å². The Morgan fingerprint density at radius 2 is 2.00 bits per heavy atom. The molecule has 1 aromatic heterocycles. The summed E-state index contributed by atoms with van der Waals surface area (Å²) in [7, 11) is 0. The first kappa shape index (κ1) is 13.4. The van der Waals surface area contributed by atoms with E-state index in [0.29, 0.717) is 11.3 Å². The first-order valence-electron chi connectivity index (χ1n) is 5.69. The highest BCUT2D eigenvalue weighted by Gasteiger charge is 2.14. The van der Waals surface area contributed by atoms with Crippen LogP contribution in [-0.2, 0) is 4.74 Å². The fraction of sp³-hybridized carbons (Fsp3) is 0.143. The third-order valence-electron chi connectivity index (χ3n) is 2.56. The van der Waals surface area contributed by atoms with Gasteiger partial charge < -0.3 is 9.72 Å². The normalized spacial score (nSPS) is 10.2. The van der Waals surface area contributed by atoms with Gasteiger partial charge in [-0.2, -0.15) is 0 Å². The third kappa shape index (κ3) is 3.26. The number of rotatable bonds is 5. The van der Waals surface area contributed by atoms with E-state index in [-0.39, 0.29) is 12.4 Å². The molecule has 0 spiro atoms. The van der Waals surface area contributed by atoms with Crippen molar-refractivity contribution in [1.29, 1.82) is 0 Å². The van der Waals surface area contributed by atoms with Gasteiger partial charge in [-0.1, -0.05) is 12.1 Å². The van der Waals surface area contributed by atoms with Crippen LogP contribution in [0, 0.1) is 0 Å². The number of aromatic amines is 1. The van der Waals surface area contributed by atoms with Crippen LogP contribution in [0.1, 0.15) is 20.8 Å². The lowest BCUT2D eigenvalue weighted by Crippen LogP contribution is -2.15. The Kier molecular flexibility index (Phi) is 4.41. The Morgan fingerprint density at radius 1 is 1.21 bits per heavy atom. The van der Waals surface area contributed by atoms with Gasteiger partial charge in [0.05, 0.1) is 11.3 Å². The molecule has 0 aliphatic carbocycles. The summed E-state index contributed by atoms with van der Waals surface area (Å²) < 4.78 is 5.03. The fourth-order valence-electron chi connectivity index (χ4n) is 1.60. The molecule has 0 fully saturated rings. The van der Waals surface area contributed by atoms with Crippen molar-refractivity contribution in [2.45, 2.75) is 4.90 Å². The SMILES string of the molecule is CSc1ccccc1C(=O)OCC(=O)c1ccc[nH]1. The predicted molar refractivity (Wildman–Crippen MR) is 73.6 cm³/mol. The highest BCUT2D eigenvalue weighted by Crippen LogP contribution is 2.20. The summed E-state index contributed by atoms with van der Waals surface area (Å²) in [6.07, 6.45) is 3.54. The Bertz CT molecular complexity index is 578. The number of H-pyrrole nitrogens is 1. The number of benzene rings is 1. The fourth-order valence-corrected chi connectivity index (χ4v) is 2.19. The number of hydrogen-bond acceptors (Lipinski definition) is 4. The summed E-state index contributed by atoms with van der Waals surface area (Å²) >= 11 is 1.46. The predicted octanol–water partition coefficient (Wildman–Crippen LogP) is 2.78. The molecule has 1 heterocycles. The van der Waals surface area contributed by atoms with Gasteiger partial charge in [0.15, 0.2) is 6.61 Å². The van der Waals surface area contributed by atoms with Crippen molar-refractivity contribution in [3.05, 3.63) is 53.9 Å². The number of esters is 1. The van der Waals surface area contributed by atoms with Gasteiger partial charge in [0, 0.05) is 11.1 Å². The lowest BCUT2D eigenvalue weighted by Gasteiger charge is -2.06. The molecule has 5 heteroatoms. The van der Waals surface area contributed by atoms with Gasteiger partial charge in [-0.15, -0.1) is 11.8 Å². The van der Waals surface area contributed by atoms with E-state index in [1.807, 2.05) is 18.4 Å². The molecule has 0 aliphatic rings. The number of carbonyl (C=O) groups excluding carboxylic acids is 2. The smallest absolute Gasteiger partial charge is 0.339 e. The molecule has 2 rings (SSSR count). The number of aromatic nitrogens is 1. The molecule has 19 heavy (non-hydrogen) atoms. The number of Topliss-reactive ketones (excluding diaryl/α,β-unsaturated/α-hetero) is 1. The maximum atomic E-state index is 11.9. The van der Waals surface area contributed by atoms with Crippen molar-refractivity contribution in [2.75, 3.05) is 12.9 Å². The summed E-state index contributed by atoms with van der Waals surface area (Å²) in [5.74, 6) is -0.732. The highest BCUT2D eigenvalue weighted by atomic mass is 32.2. The molecule has 0 atom stereocenters. The summed E-state index contributed by atoms with van der Waals surface area (Å²) in [5, 5.41) is 0. The molecular weight excluding hydrogens is 262 g/mol. The van der Waals surface area contributed by atoms with E-state index in [1.165, 1.54) is 11.8 Å². The summed E-state index contributed by atoms with van der Waals surface area (Å²) in [6, 6.07) is 10.5. The molecule has 0 radical (unpaired) electrons.